The number of hydrogen-bond donors (Lipinski definition) is 1. The van der Waals surface area contributed by atoms with Gasteiger partial charge in [-0.2, -0.15) is 11.8 Å². The van der Waals surface area contributed by atoms with Crippen molar-refractivity contribution in [2.75, 3.05) is 12.3 Å². The second kappa shape index (κ2) is 6.04. The maximum Gasteiger partial charge on any atom is 0.238 e. The number of thioether (sulfide) groups is 1. The summed E-state index contributed by atoms with van der Waals surface area (Å²) in [6.07, 6.45) is 9.40. The lowest BCUT2D eigenvalue weighted by molar-refractivity contribution is -0.131. The Labute approximate surface area is 120 Å². The molecule has 0 bridgehead atoms. The van der Waals surface area contributed by atoms with Gasteiger partial charge in [0.25, 0.3) is 0 Å². The average molecular weight is 282 g/mol. The third-order valence-corrected chi connectivity index (χ3v) is 6.28. The van der Waals surface area contributed by atoms with Gasteiger partial charge in [-0.25, -0.2) is 0 Å². The summed E-state index contributed by atoms with van der Waals surface area (Å²) in [5, 5.41) is 4.28. The third-order valence-electron chi connectivity index (χ3n) is 5.05. The lowest BCUT2D eigenvalue weighted by atomic mass is 10.0. The molecular weight excluding hydrogens is 256 g/mol. The number of rotatable bonds is 4. The Morgan fingerprint density at radius 3 is 2.79 bits per heavy atom. The van der Waals surface area contributed by atoms with E-state index in [0.29, 0.717) is 30.6 Å². The van der Waals surface area contributed by atoms with Gasteiger partial charge in [-0.3, -0.25) is 10.1 Å². The van der Waals surface area contributed by atoms with Crippen LogP contribution in [0.3, 0.4) is 0 Å². The van der Waals surface area contributed by atoms with Gasteiger partial charge >= 0.3 is 0 Å². The van der Waals surface area contributed by atoms with E-state index in [1.807, 2.05) is 0 Å². The molecule has 1 aliphatic heterocycles. The second-order valence-corrected chi connectivity index (χ2v) is 7.79. The number of carbonyl (C=O) groups is 1. The van der Waals surface area contributed by atoms with Crippen LogP contribution < -0.4 is 5.32 Å². The quantitative estimate of drug-likeness (QED) is 0.860. The minimum Gasteiger partial charge on any atom is -0.323 e. The molecule has 3 aliphatic rings. The van der Waals surface area contributed by atoms with E-state index in [9.17, 15) is 4.79 Å². The van der Waals surface area contributed by atoms with E-state index >= 15 is 0 Å². The van der Waals surface area contributed by atoms with E-state index in [1.54, 1.807) is 0 Å². The van der Waals surface area contributed by atoms with Crippen molar-refractivity contribution in [3.63, 3.8) is 0 Å². The first-order chi connectivity index (χ1) is 9.29. The number of nitrogens with one attached hydrogen (secondary N) is 1. The Morgan fingerprint density at radius 2 is 2.05 bits per heavy atom. The largest absolute Gasteiger partial charge is 0.323 e. The van der Waals surface area contributed by atoms with Crippen LogP contribution in [0.1, 0.15) is 51.9 Å². The summed E-state index contributed by atoms with van der Waals surface area (Å²) in [6.45, 7) is 2.81. The summed E-state index contributed by atoms with van der Waals surface area (Å²) < 4.78 is 0. The number of hydrogen-bond acceptors (Lipinski definition) is 3. The van der Waals surface area contributed by atoms with E-state index in [4.69, 9.17) is 0 Å². The highest BCUT2D eigenvalue weighted by Crippen LogP contribution is 2.37. The Morgan fingerprint density at radius 1 is 1.26 bits per heavy atom. The molecule has 3 unspecified atom stereocenters. The molecule has 3 rings (SSSR count). The molecule has 3 fully saturated rings. The molecule has 1 N–H and O–H groups in total. The van der Waals surface area contributed by atoms with Crippen LogP contribution in [-0.2, 0) is 4.79 Å². The van der Waals surface area contributed by atoms with Gasteiger partial charge in [0.1, 0.15) is 0 Å². The standard InChI is InChI=1S/C15H26N2OS/c1-2-19-13-8-7-12(9-13)17-14(18)10-16-15(17)11-5-3-4-6-11/h11-13,15-16H,2-10H2,1H3. The van der Waals surface area contributed by atoms with Crippen LogP contribution in [0.25, 0.3) is 0 Å². The van der Waals surface area contributed by atoms with Gasteiger partial charge < -0.3 is 4.90 Å². The molecule has 3 nitrogen and oxygen atoms in total. The summed E-state index contributed by atoms with van der Waals surface area (Å²) in [6, 6.07) is 0.511. The van der Waals surface area contributed by atoms with E-state index in [1.165, 1.54) is 50.7 Å². The molecule has 0 radical (unpaired) electrons. The molecule has 2 saturated carbocycles. The van der Waals surface area contributed by atoms with Gasteiger partial charge in [0, 0.05) is 11.3 Å². The van der Waals surface area contributed by atoms with Crippen molar-refractivity contribution in [3.05, 3.63) is 0 Å². The normalized spacial score (nSPS) is 36.6. The summed E-state index contributed by atoms with van der Waals surface area (Å²) in [4.78, 5) is 14.5. The first kappa shape index (κ1) is 13.7. The van der Waals surface area contributed by atoms with Gasteiger partial charge in [0.05, 0.1) is 12.7 Å². The van der Waals surface area contributed by atoms with Crippen LogP contribution in [0, 0.1) is 5.92 Å². The van der Waals surface area contributed by atoms with Gasteiger partial charge in [0.15, 0.2) is 0 Å². The van der Waals surface area contributed by atoms with Crippen LogP contribution in [0.2, 0.25) is 0 Å². The summed E-state index contributed by atoms with van der Waals surface area (Å²) in [5.41, 5.74) is 0. The fourth-order valence-electron chi connectivity index (χ4n) is 4.19. The Kier molecular flexibility index (Phi) is 4.37. The van der Waals surface area contributed by atoms with Crippen LogP contribution in [-0.4, -0.2) is 40.6 Å². The van der Waals surface area contributed by atoms with E-state index in [2.05, 4.69) is 28.9 Å². The topological polar surface area (TPSA) is 32.3 Å². The molecule has 0 aromatic heterocycles. The predicted octanol–water partition coefficient (Wildman–Crippen LogP) is 2.61. The van der Waals surface area contributed by atoms with E-state index < -0.39 is 0 Å². The van der Waals surface area contributed by atoms with E-state index in [0.717, 1.165) is 5.25 Å². The fourth-order valence-corrected chi connectivity index (χ4v) is 5.32. The lowest BCUT2D eigenvalue weighted by Crippen LogP contribution is -2.47. The third kappa shape index (κ3) is 2.80. The van der Waals surface area contributed by atoms with Gasteiger partial charge in [0.2, 0.25) is 5.91 Å². The molecule has 3 atom stereocenters. The Hall–Kier alpha value is -0.220. The van der Waals surface area contributed by atoms with Crippen LogP contribution in [0.15, 0.2) is 0 Å². The molecule has 1 heterocycles. The van der Waals surface area contributed by atoms with E-state index in [-0.39, 0.29) is 0 Å². The second-order valence-electron chi connectivity index (χ2n) is 6.22. The molecule has 0 aromatic carbocycles. The van der Waals surface area contributed by atoms with Gasteiger partial charge in [-0.05, 0) is 43.8 Å². The van der Waals surface area contributed by atoms with Crippen LogP contribution >= 0.6 is 11.8 Å². The highest BCUT2D eigenvalue weighted by atomic mass is 32.2. The van der Waals surface area contributed by atoms with Gasteiger partial charge in [-0.1, -0.05) is 19.8 Å². The van der Waals surface area contributed by atoms with Crippen molar-refractivity contribution < 1.29 is 4.79 Å². The van der Waals surface area contributed by atoms with Crippen molar-refractivity contribution in [1.29, 1.82) is 0 Å². The maximum absolute atomic E-state index is 12.2. The summed E-state index contributed by atoms with van der Waals surface area (Å²) >= 11 is 2.08. The number of amides is 1. The molecule has 19 heavy (non-hydrogen) atoms. The minimum absolute atomic E-state index is 0.351. The SMILES string of the molecule is CCSC1CCC(N2C(=O)CNC2C2CCCC2)C1. The molecule has 1 saturated heterocycles. The zero-order chi connectivity index (χ0) is 13.2. The smallest absolute Gasteiger partial charge is 0.238 e. The number of carbonyl (C=O) groups excluding carboxylic acids is 1. The van der Waals surface area contributed by atoms with Crippen LogP contribution in [0.4, 0.5) is 0 Å². The first-order valence-electron chi connectivity index (χ1n) is 7.95. The average Bonchev–Trinajstić information content (AvgIpc) is 3.08. The molecule has 4 heteroatoms. The molecule has 0 spiro atoms. The van der Waals surface area contributed by atoms with Crippen molar-refractivity contribution in [3.8, 4) is 0 Å². The zero-order valence-electron chi connectivity index (χ0n) is 11.9. The highest BCUT2D eigenvalue weighted by molar-refractivity contribution is 7.99. The molecule has 2 aliphatic carbocycles. The van der Waals surface area contributed by atoms with Crippen molar-refractivity contribution in [1.82, 2.24) is 10.2 Å². The van der Waals surface area contributed by atoms with Crippen molar-refractivity contribution in [2.24, 2.45) is 5.92 Å². The summed E-state index contributed by atoms with van der Waals surface area (Å²) in [7, 11) is 0. The highest BCUT2D eigenvalue weighted by Gasteiger charge is 2.42. The molecule has 0 aromatic rings. The minimum atomic E-state index is 0.351. The predicted molar refractivity (Wildman–Crippen MR) is 80.2 cm³/mol. The van der Waals surface area contributed by atoms with Gasteiger partial charge in [-0.15, -0.1) is 0 Å². The zero-order valence-corrected chi connectivity index (χ0v) is 12.8. The lowest BCUT2D eigenvalue weighted by Gasteiger charge is -2.34. The molecule has 1 amide bonds. The Bertz CT molecular complexity index is 330. The van der Waals surface area contributed by atoms with Crippen LogP contribution in [0.5, 0.6) is 0 Å². The Balaban J connectivity index is 1.65. The summed E-state index contributed by atoms with van der Waals surface area (Å²) in [5.74, 6) is 2.27. The fraction of sp³-hybridized carbons (Fsp3) is 0.933. The number of nitrogens with zero attached hydrogens (tertiary/aromatic N) is 1. The van der Waals surface area contributed by atoms with Crippen molar-refractivity contribution in [2.45, 2.75) is 69.3 Å². The molecular formula is C15H26N2OS. The maximum atomic E-state index is 12.2. The monoisotopic (exact) mass is 282 g/mol. The molecule has 108 valence electrons. The first-order valence-corrected chi connectivity index (χ1v) is 9.00. The van der Waals surface area contributed by atoms with Crippen molar-refractivity contribution >= 4 is 17.7 Å².